The van der Waals surface area contributed by atoms with E-state index in [1.54, 1.807) is 12.3 Å². The first-order valence-electron chi connectivity index (χ1n) is 6.50. The van der Waals surface area contributed by atoms with Gasteiger partial charge in [-0.05, 0) is 38.0 Å². The Morgan fingerprint density at radius 3 is 3.11 bits per heavy atom. The molecule has 0 saturated carbocycles. The average molecular weight is 266 g/mol. The Morgan fingerprint density at radius 1 is 1.56 bits per heavy atom. The standard InChI is InChI=1S/C14H18O3S/c1-10-12(3-5-16-10)13(15)11-2-6-17-14(8-11)4-7-18-9-14/h3,5,11H,2,4,6-9H2,1H3. The molecule has 2 saturated heterocycles. The highest BCUT2D eigenvalue weighted by Crippen LogP contribution is 2.41. The quantitative estimate of drug-likeness (QED) is 0.771. The number of thioether (sulfide) groups is 1. The maximum absolute atomic E-state index is 12.5. The Balaban J connectivity index is 1.76. The molecular formula is C14H18O3S. The first-order chi connectivity index (χ1) is 8.70. The van der Waals surface area contributed by atoms with Gasteiger partial charge in [0, 0.05) is 18.3 Å². The molecule has 2 aliphatic rings. The van der Waals surface area contributed by atoms with Crippen molar-refractivity contribution < 1.29 is 13.9 Å². The minimum atomic E-state index is -0.0269. The molecule has 0 bridgehead atoms. The number of ketones is 1. The van der Waals surface area contributed by atoms with E-state index in [9.17, 15) is 4.79 Å². The zero-order chi connectivity index (χ0) is 12.6. The number of hydrogen-bond donors (Lipinski definition) is 0. The van der Waals surface area contributed by atoms with Crippen LogP contribution in [-0.4, -0.2) is 29.5 Å². The van der Waals surface area contributed by atoms with Crippen LogP contribution in [0.15, 0.2) is 16.7 Å². The second kappa shape index (κ2) is 4.74. The number of carbonyl (C=O) groups is 1. The molecule has 0 aliphatic carbocycles. The van der Waals surface area contributed by atoms with Gasteiger partial charge in [0.05, 0.1) is 17.4 Å². The van der Waals surface area contributed by atoms with Gasteiger partial charge in [-0.2, -0.15) is 11.8 Å². The molecule has 1 aromatic heterocycles. The third kappa shape index (κ3) is 2.12. The number of aryl methyl sites for hydroxylation is 1. The summed E-state index contributed by atoms with van der Waals surface area (Å²) in [6.45, 7) is 2.57. The van der Waals surface area contributed by atoms with E-state index in [1.165, 1.54) is 0 Å². The molecule has 2 atom stereocenters. The molecule has 1 aromatic rings. The monoisotopic (exact) mass is 266 g/mol. The van der Waals surface area contributed by atoms with Crippen molar-refractivity contribution in [3.8, 4) is 0 Å². The van der Waals surface area contributed by atoms with Crippen molar-refractivity contribution in [3.63, 3.8) is 0 Å². The zero-order valence-electron chi connectivity index (χ0n) is 10.6. The van der Waals surface area contributed by atoms with Crippen LogP contribution in [-0.2, 0) is 4.74 Å². The predicted octanol–water partition coefficient (Wildman–Crippen LogP) is 3.07. The number of hydrogen-bond acceptors (Lipinski definition) is 4. The van der Waals surface area contributed by atoms with E-state index in [0.29, 0.717) is 6.61 Å². The SMILES string of the molecule is Cc1occc1C(=O)C1CCOC2(CCSC2)C1. The fourth-order valence-corrected chi connectivity index (χ4v) is 4.35. The van der Waals surface area contributed by atoms with Gasteiger partial charge in [-0.15, -0.1) is 0 Å². The second-order valence-electron chi connectivity index (χ2n) is 5.28. The van der Waals surface area contributed by atoms with Crippen molar-refractivity contribution in [1.82, 2.24) is 0 Å². The summed E-state index contributed by atoms with van der Waals surface area (Å²) in [5.74, 6) is 3.28. The number of ether oxygens (including phenoxy) is 1. The Labute approximate surface area is 111 Å². The largest absolute Gasteiger partial charge is 0.469 e. The molecule has 2 unspecified atom stereocenters. The average Bonchev–Trinajstić information content (AvgIpc) is 2.98. The maximum Gasteiger partial charge on any atom is 0.169 e. The first-order valence-corrected chi connectivity index (χ1v) is 7.66. The molecule has 0 aromatic carbocycles. The summed E-state index contributed by atoms with van der Waals surface area (Å²) in [5.41, 5.74) is 0.726. The van der Waals surface area contributed by atoms with E-state index in [2.05, 4.69) is 0 Å². The smallest absolute Gasteiger partial charge is 0.169 e. The van der Waals surface area contributed by atoms with Gasteiger partial charge in [-0.25, -0.2) is 0 Å². The van der Waals surface area contributed by atoms with Crippen LogP contribution in [0.1, 0.15) is 35.4 Å². The van der Waals surface area contributed by atoms with Gasteiger partial charge in [-0.3, -0.25) is 4.79 Å². The summed E-state index contributed by atoms with van der Waals surface area (Å²) in [5, 5.41) is 0. The number of furan rings is 1. The van der Waals surface area contributed by atoms with Crippen LogP contribution in [0.2, 0.25) is 0 Å². The highest BCUT2D eigenvalue weighted by Gasteiger charge is 2.42. The van der Waals surface area contributed by atoms with Crippen molar-refractivity contribution in [2.75, 3.05) is 18.1 Å². The fraction of sp³-hybridized carbons (Fsp3) is 0.643. The zero-order valence-corrected chi connectivity index (χ0v) is 11.4. The lowest BCUT2D eigenvalue weighted by atomic mass is 9.81. The summed E-state index contributed by atoms with van der Waals surface area (Å²) in [4.78, 5) is 12.5. The third-order valence-electron chi connectivity index (χ3n) is 4.06. The molecule has 98 valence electrons. The van der Waals surface area contributed by atoms with Gasteiger partial charge in [-0.1, -0.05) is 0 Å². The molecular weight excluding hydrogens is 248 g/mol. The molecule has 18 heavy (non-hydrogen) atoms. The predicted molar refractivity (Wildman–Crippen MR) is 71.1 cm³/mol. The normalized spacial score (nSPS) is 31.9. The van der Waals surface area contributed by atoms with E-state index >= 15 is 0 Å². The van der Waals surface area contributed by atoms with Gasteiger partial charge >= 0.3 is 0 Å². The van der Waals surface area contributed by atoms with Crippen LogP contribution in [0, 0.1) is 12.8 Å². The van der Waals surface area contributed by atoms with Crippen molar-refractivity contribution in [2.45, 2.75) is 31.8 Å². The number of carbonyl (C=O) groups excluding carboxylic acids is 1. The van der Waals surface area contributed by atoms with Crippen molar-refractivity contribution in [1.29, 1.82) is 0 Å². The van der Waals surface area contributed by atoms with E-state index in [4.69, 9.17) is 9.15 Å². The molecule has 3 nitrogen and oxygen atoms in total. The Morgan fingerprint density at radius 2 is 2.44 bits per heavy atom. The van der Waals surface area contributed by atoms with Gasteiger partial charge in [0.15, 0.2) is 5.78 Å². The molecule has 2 aliphatic heterocycles. The van der Waals surface area contributed by atoms with E-state index < -0.39 is 0 Å². The molecule has 0 radical (unpaired) electrons. The van der Waals surface area contributed by atoms with Crippen LogP contribution in [0.3, 0.4) is 0 Å². The van der Waals surface area contributed by atoms with Gasteiger partial charge in [0.1, 0.15) is 5.76 Å². The Bertz CT molecular complexity index is 446. The Kier molecular flexibility index (Phi) is 3.24. The van der Waals surface area contributed by atoms with E-state index in [-0.39, 0.29) is 17.3 Å². The van der Waals surface area contributed by atoms with Gasteiger partial charge in [0.2, 0.25) is 0 Å². The van der Waals surface area contributed by atoms with Crippen LogP contribution < -0.4 is 0 Å². The first kappa shape index (κ1) is 12.3. The summed E-state index contributed by atoms with van der Waals surface area (Å²) >= 11 is 1.94. The lowest BCUT2D eigenvalue weighted by Gasteiger charge is -2.37. The molecule has 2 fully saturated rings. The van der Waals surface area contributed by atoms with Crippen molar-refractivity contribution in [2.24, 2.45) is 5.92 Å². The van der Waals surface area contributed by atoms with Crippen molar-refractivity contribution in [3.05, 3.63) is 23.7 Å². The fourth-order valence-electron chi connectivity index (χ4n) is 2.98. The van der Waals surface area contributed by atoms with Crippen LogP contribution in [0.5, 0.6) is 0 Å². The topological polar surface area (TPSA) is 39.4 Å². The molecule has 0 amide bonds. The summed E-state index contributed by atoms with van der Waals surface area (Å²) in [6, 6.07) is 1.79. The maximum atomic E-state index is 12.5. The number of Topliss-reactive ketones (excluding diaryl/α,β-unsaturated/α-hetero) is 1. The lowest BCUT2D eigenvalue weighted by Crippen LogP contribution is -2.42. The van der Waals surface area contributed by atoms with Crippen LogP contribution in [0.25, 0.3) is 0 Å². The van der Waals surface area contributed by atoms with Crippen LogP contribution >= 0.6 is 11.8 Å². The molecule has 0 N–H and O–H groups in total. The van der Waals surface area contributed by atoms with Crippen LogP contribution in [0.4, 0.5) is 0 Å². The second-order valence-corrected chi connectivity index (χ2v) is 6.38. The summed E-state index contributed by atoms with van der Waals surface area (Å²) in [7, 11) is 0. The molecule has 1 spiro atoms. The molecule has 3 rings (SSSR count). The Hall–Kier alpha value is -0.740. The highest BCUT2D eigenvalue weighted by molar-refractivity contribution is 7.99. The third-order valence-corrected chi connectivity index (χ3v) is 5.28. The minimum Gasteiger partial charge on any atom is -0.469 e. The lowest BCUT2D eigenvalue weighted by molar-refractivity contribution is -0.0734. The molecule has 4 heteroatoms. The number of rotatable bonds is 2. The summed E-state index contributed by atoms with van der Waals surface area (Å²) in [6.07, 6.45) is 4.41. The van der Waals surface area contributed by atoms with Gasteiger partial charge < -0.3 is 9.15 Å². The highest BCUT2D eigenvalue weighted by atomic mass is 32.2. The van der Waals surface area contributed by atoms with Gasteiger partial charge in [0.25, 0.3) is 0 Å². The molecule has 3 heterocycles. The van der Waals surface area contributed by atoms with Crippen molar-refractivity contribution >= 4 is 17.5 Å². The minimum absolute atomic E-state index is 0.0269. The van der Waals surface area contributed by atoms with E-state index in [0.717, 1.165) is 42.1 Å². The van der Waals surface area contributed by atoms with E-state index in [1.807, 2.05) is 18.7 Å². The summed E-state index contributed by atoms with van der Waals surface area (Å²) < 4.78 is 11.2.